The molecular weight excluding hydrogens is 234 g/mol. The number of pyridine rings is 1. The quantitative estimate of drug-likeness (QED) is 0.584. The Kier molecular flexibility index (Phi) is 3.31. The molecule has 0 amide bonds. The Bertz CT molecular complexity index is 405. The van der Waals surface area contributed by atoms with Crippen molar-refractivity contribution in [2.24, 2.45) is 0 Å². The van der Waals surface area contributed by atoms with Gasteiger partial charge in [0.25, 0.3) is 0 Å². The summed E-state index contributed by atoms with van der Waals surface area (Å²) in [5.74, 6) is -3.26. The van der Waals surface area contributed by atoms with Crippen LogP contribution in [0, 0.1) is 5.82 Å². The van der Waals surface area contributed by atoms with Gasteiger partial charge in [-0.1, -0.05) is 0 Å². The number of carbonyl (C=O) groups is 1. The van der Waals surface area contributed by atoms with Gasteiger partial charge in [0.2, 0.25) is 0 Å². The molecule has 8 heteroatoms. The molecule has 16 heavy (non-hydrogen) atoms. The Balaban J connectivity index is 3.13. The van der Waals surface area contributed by atoms with Crippen molar-refractivity contribution in [2.75, 3.05) is 7.11 Å². The predicted octanol–water partition coefficient (Wildman–Crippen LogP) is 1.91. The first-order chi connectivity index (χ1) is 7.33. The maximum Gasteiger partial charge on any atom is 0.573 e. The highest BCUT2D eigenvalue weighted by molar-refractivity contribution is 5.90. The number of ether oxygens (including phenoxy) is 2. The number of hydrogen-bond acceptors (Lipinski definition) is 4. The monoisotopic (exact) mass is 239 g/mol. The van der Waals surface area contributed by atoms with Crippen LogP contribution in [-0.2, 0) is 4.74 Å². The lowest BCUT2D eigenvalue weighted by atomic mass is 10.3. The van der Waals surface area contributed by atoms with Crippen LogP contribution in [0.3, 0.4) is 0 Å². The van der Waals surface area contributed by atoms with Crippen molar-refractivity contribution < 1.29 is 31.8 Å². The Morgan fingerprint density at radius 1 is 1.44 bits per heavy atom. The molecule has 0 aromatic carbocycles. The maximum atomic E-state index is 12.6. The predicted molar refractivity (Wildman–Crippen MR) is 42.2 cm³/mol. The number of rotatable bonds is 2. The summed E-state index contributed by atoms with van der Waals surface area (Å²) in [6.45, 7) is 0. The lowest BCUT2D eigenvalue weighted by Crippen LogP contribution is -2.20. The fraction of sp³-hybridized carbons (Fsp3) is 0.250. The number of aromatic nitrogens is 1. The van der Waals surface area contributed by atoms with E-state index in [2.05, 4.69) is 14.5 Å². The first-order valence-corrected chi connectivity index (χ1v) is 3.83. The molecule has 0 bridgehead atoms. The van der Waals surface area contributed by atoms with Gasteiger partial charge >= 0.3 is 12.3 Å². The van der Waals surface area contributed by atoms with E-state index < -0.39 is 29.6 Å². The molecule has 0 fully saturated rings. The van der Waals surface area contributed by atoms with Gasteiger partial charge in [-0.25, -0.2) is 14.2 Å². The van der Waals surface area contributed by atoms with Crippen molar-refractivity contribution in [3.05, 3.63) is 23.8 Å². The molecule has 1 aromatic rings. The van der Waals surface area contributed by atoms with Crippen LogP contribution >= 0.6 is 0 Å². The minimum Gasteiger partial charge on any atom is -0.464 e. The van der Waals surface area contributed by atoms with E-state index in [1.807, 2.05) is 0 Å². The third kappa shape index (κ3) is 3.07. The van der Waals surface area contributed by atoms with Gasteiger partial charge in [0.15, 0.2) is 11.4 Å². The van der Waals surface area contributed by atoms with Crippen molar-refractivity contribution in [2.45, 2.75) is 6.36 Å². The molecular formula is C8H5F4NO3. The summed E-state index contributed by atoms with van der Waals surface area (Å²) >= 11 is 0. The molecule has 0 unspecified atom stereocenters. The van der Waals surface area contributed by atoms with Crippen molar-refractivity contribution in [3.63, 3.8) is 0 Å². The summed E-state index contributed by atoms with van der Waals surface area (Å²) in [5, 5.41) is 0. The van der Waals surface area contributed by atoms with Crippen LogP contribution in [0.15, 0.2) is 12.3 Å². The number of alkyl halides is 3. The Morgan fingerprint density at radius 2 is 2.06 bits per heavy atom. The third-order valence-electron chi connectivity index (χ3n) is 1.42. The van der Waals surface area contributed by atoms with E-state index in [9.17, 15) is 22.4 Å². The number of methoxy groups -OCH3 is 1. The van der Waals surface area contributed by atoms with Crippen LogP contribution in [0.25, 0.3) is 0 Å². The van der Waals surface area contributed by atoms with Crippen LogP contribution < -0.4 is 4.74 Å². The van der Waals surface area contributed by atoms with Crippen LogP contribution in [-0.4, -0.2) is 24.4 Å². The minimum absolute atomic E-state index is 0.396. The number of hydrogen-bond donors (Lipinski definition) is 0. The van der Waals surface area contributed by atoms with Crippen LogP contribution in [0.1, 0.15) is 10.5 Å². The normalized spacial score (nSPS) is 11.1. The van der Waals surface area contributed by atoms with E-state index in [1.165, 1.54) is 0 Å². The molecule has 88 valence electrons. The lowest BCUT2D eigenvalue weighted by Gasteiger charge is -2.11. The Labute approximate surface area is 86.8 Å². The van der Waals surface area contributed by atoms with Gasteiger partial charge in [-0.15, -0.1) is 13.2 Å². The molecule has 0 saturated heterocycles. The SMILES string of the molecule is COC(=O)c1ncc(F)cc1OC(F)(F)F. The van der Waals surface area contributed by atoms with Crippen molar-refractivity contribution in [1.29, 1.82) is 0 Å². The third-order valence-corrected chi connectivity index (χ3v) is 1.42. The molecule has 0 spiro atoms. The second kappa shape index (κ2) is 4.33. The number of nitrogens with zero attached hydrogens (tertiary/aromatic N) is 1. The summed E-state index contributed by atoms with van der Waals surface area (Å²) in [6.07, 6.45) is -4.46. The molecule has 0 aliphatic carbocycles. The van der Waals surface area contributed by atoms with E-state index in [0.717, 1.165) is 7.11 Å². The molecule has 1 aromatic heterocycles. The van der Waals surface area contributed by atoms with Crippen molar-refractivity contribution in [3.8, 4) is 5.75 Å². The Morgan fingerprint density at radius 3 is 2.56 bits per heavy atom. The number of carbonyl (C=O) groups excluding carboxylic acids is 1. The molecule has 0 atom stereocenters. The highest BCUT2D eigenvalue weighted by Gasteiger charge is 2.33. The van der Waals surface area contributed by atoms with Gasteiger partial charge in [-0.05, 0) is 0 Å². The van der Waals surface area contributed by atoms with E-state index in [4.69, 9.17) is 0 Å². The van der Waals surface area contributed by atoms with E-state index >= 15 is 0 Å². The first-order valence-electron chi connectivity index (χ1n) is 3.83. The summed E-state index contributed by atoms with van der Waals surface area (Å²) in [4.78, 5) is 14.1. The second-order valence-electron chi connectivity index (χ2n) is 2.54. The lowest BCUT2D eigenvalue weighted by molar-refractivity contribution is -0.274. The van der Waals surface area contributed by atoms with Crippen molar-refractivity contribution in [1.82, 2.24) is 4.98 Å². The van der Waals surface area contributed by atoms with Crippen LogP contribution in [0.4, 0.5) is 17.6 Å². The highest BCUT2D eigenvalue weighted by atomic mass is 19.4. The zero-order valence-corrected chi connectivity index (χ0v) is 7.84. The molecule has 0 radical (unpaired) electrons. The fourth-order valence-electron chi connectivity index (χ4n) is 0.873. The van der Waals surface area contributed by atoms with Crippen molar-refractivity contribution >= 4 is 5.97 Å². The summed E-state index contributed by atoms with van der Waals surface area (Å²) in [7, 11) is 0.949. The summed E-state index contributed by atoms with van der Waals surface area (Å²) in [5.41, 5.74) is -0.749. The zero-order valence-electron chi connectivity index (χ0n) is 7.84. The van der Waals surface area contributed by atoms with E-state index in [0.29, 0.717) is 12.3 Å². The number of halogens is 4. The topological polar surface area (TPSA) is 48.4 Å². The van der Waals surface area contributed by atoms with Gasteiger partial charge in [-0.2, -0.15) is 0 Å². The minimum atomic E-state index is -5.04. The van der Waals surface area contributed by atoms with Crippen LogP contribution in [0.5, 0.6) is 5.75 Å². The average molecular weight is 239 g/mol. The number of esters is 1. The maximum absolute atomic E-state index is 12.6. The molecule has 1 heterocycles. The van der Waals surface area contributed by atoms with Crippen LogP contribution in [0.2, 0.25) is 0 Å². The van der Waals surface area contributed by atoms with E-state index in [-0.39, 0.29) is 0 Å². The second-order valence-corrected chi connectivity index (χ2v) is 2.54. The first kappa shape index (κ1) is 12.2. The van der Waals surface area contributed by atoms with Gasteiger partial charge in [0.1, 0.15) is 5.82 Å². The molecule has 0 aliphatic rings. The van der Waals surface area contributed by atoms with Gasteiger partial charge < -0.3 is 9.47 Å². The van der Waals surface area contributed by atoms with Gasteiger partial charge in [0.05, 0.1) is 13.3 Å². The molecule has 4 nitrogen and oxygen atoms in total. The average Bonchev–Trinajstić information content (AvgIpc) is 2.14. The molecule has 0 aliphatic heterocycles. The Hall–Kier alpha value is -1.86. The highest BCUT2D eigenvalue weighted by Crippen LogP contribution is 2.26. The molecule has 0 saturated carbocycles. The standard InChI is InChI=1S/C8H5F4NO3/c1-15-7(14)6-5(16-8(10,11)12)2-4(9)3-13-6/h2-3H,1H3. The van der Waals surface area contributed by atoms with E-state index in [1.54, 1.807) is 0 Å². The van der Waals surface area contributed by atoms with Gasteiger partial charge in [0, 0.05) is 6.07 Å². The zero-order chi connectivity index (χ0) is 12.3. The summed E-state index contributed by atoms with van der Waals surface area (Å²) in [6, 6.07) is 0.396. The molecule has 1 rings (SSSR count). The largest absolute Gasteiger partial charge is 0.573 e. The smallest absolute Gasteiger partial charge is 0.464 e. The van der Waals surface area contributed by atoms with Gasteiger partial charge in [-0.3, -0.25) is 0 Å². The molecule has 0 N–H and O–H groups in total. The summed E-state index contributed by atoms with van der Waals surface area (Å²) < 4.78 is 55.9. The fourth-order valence-corrected chi connectivity index (χ4v) is 0.873.